The van der Waals surface area contributed by atoms with Gasteiger partial charge in [0.25, 0.3) is 0 Å². The van der Waals surface area contributed by atoms with Crippen molar-refractivity contribution in [3.8, 4) is 0 Å². The van der Waals surface area contributed by atoms with E-state index in [1.165, 1.54) is 606 Å². The lowest BCUT2D eigenvalue weighted by atomic mass is 9.94. The Morgan fingerprint density at radius 3 is 0.320 bits per heavy atom. The molecule has 0 radical (unpaired) electrons. The Morgan fingerprint density at radius 1 is 0.131 bits per heavy atom. The predicted octanol–water partition coefficient (Wildman–Crippen LogP) is 43.9. The summed E-state index contributed by atoms with van der Waals surface area (Å²) < 4.78 is 0. The highest BCUT2D eigenvalue weighted by atomic mass is 32.2. The van der Waals surface area contributed by atoms with Crippen LogP contribution in [0, 0.1) is 0 Å². The van der Waals surface area contributed by atoms with Crippen LogP contribution in [0.25, 0.3) is 32.3 Å². The Labute approximate surface area is 788 Å². The highest BCUT2D eigenvalue weighted by Crippen LogP contribution is 2.48. The Balaban J connectivity index is 1.71. The first-order valence-electron chi connectivity index (χ1n) is 55.5. The second-order valence-electron chi connectivity index (χ2n) is 38.6. The lowest BCUT2D eigenvalue weighted by Gasteiger charge is -2.20. The number of rotatable bonds is 98. The summed E-state index contributed by atoms with van der Waals surface area (Å²) in [7, 11) is 0. The molecule has 0 saturated carbocycles. The maximum absolute atomic E-state index is 9.16. The van der Waals surface area contributed by atoms with Crippen LogP contribution in [0.4, 0.5) is 0 Å². The summed E-state index contributed by atoms with van der Waals surface area (Å²) in [5, 5.41) is 18.3. The quantitative estimate of drug-likeness (QED) is 0.0267. The van der Waals surface area contributed by atoms with Crippen molar-refractivity contribution in [1.82, 2.24) is 0 Å². The first-order valence-corrected chi connectivity index (χ1v) is 61.4. The van der Waals surface area contributed by atoms with Gasteiger partial charge in [-0.05, 0) is 148 Å². The van der Waals surface area contributed by atoms with Crippen LogP contribution < -0.4 is 0 Å². The molecule has 0 aliphatic rings. The molecule has 0 heterocycles. The van der Waals surface area contributed by atoms with Crippen molar-refractivity contribution < 1.29 is 5.11 Å². The van der Waals surface area contributed by atoms with E-state index >= 15 is 0 Å². The van der Waals surface area contributed by atoms with Gasteiger partial charge in [-0.3, -0.25) is 0 Å². The molecular formula is C115H206OS6. The van der Waals surface area contributed by atoms with Crippen molar-refractivity contribution in [2.45, 2.75) is 610 Å². The molecule has 0 spiro atoms. The third-order valence-electron chi connectivity index (χ3n) is 27.0. The molecule has 1 nitrogen and oxygen atoms in total. The number of fused-ring (bicyclic) bond motifs is 6. The van der Waals surface area contributed by atoms with Crippen LogP contribution in [-0.2, 0) is 0 Å². The largest absolute Gasteiger partial charge is 0.396 e. The van der Waals surface area contributed by atoms with E-state index in [1.54, 1.807) is 29.4 Å². The molecule has 122 heavy (non-hydrogen) atoms. The SMILES string of the molecule is CCCCCCCCCCCCCCCCSc1cc2c3cc(SCCCCCCCCCCCCCCCC)c(SCCCCCCCCCCCCCCCC)cc3c3cc(SCCCCCCCCCCCCCCCCCO)c(SCCCCCCCCCCCCCCCC)cc3c2cc1SCCCCCCCCCCCCCCCC. The number of unbranched alkanes of at least 4 members (excludes halogenated alkanes) is 79. The molecular weight excluding hydrogens is 1590 g/mol. The molecule has 4 aromatic carbocycles. The van der Waals surface area contributed by atoms with Crippen LogP contribution in [-0.4, -0.2) is 46.2 Å². The van der Waals surface area contributed by atoms with Gasteiger partial charge in [-0.25, -0.2) is 0 Å². The van der Waals surface area contributed by atoms with Crippen molar-refractivity contribution in [1.29, 1.82) is 0 Å². The lowest BCUT2D eigenvalue weighted by Crippen LogP contribution is -1.94. The van der Waals surface area contributed by atoms with Crippen LogP contribution in [0.15, 0.2) is 65.8 Å². The van der Waals surface area contributed by atoms with Gasteiger partial charge in [0, 0.05) is 36.0 Å². The van der Waals surface area contributed by atoms with Crippen LogP contribution in [0.2, 0.25) is 0 Å². The predicted molar refractivity (Wildman–Crippen MR) is 571 cm³/mol. The molecule has 4 aromatic rings. The van der Waals surface area contributed by atoms with Gasteiger partial charge in [-0.15, -0.1) is 70.6 Å². The number of hydrogen-bond donors (Lipinski definition) is 1. The Hall–Kier alpha value is -0.280. The Kier molecular flexibility index (Phi) is 82.8. The monoisotopic (exact) mass is 1800 g/mol. The molecule has 0 bridgehead atoms. The van der Waals surface area contributed by atoms with Gasteiger partial charge in [0.05, 0.1) is 0 Å². The average molecular weight is 1800 g/mol. The summed E-state index contributed by atoms with van der Waals surface area (Å²) in [5.41, 5.74) is 0. The topological polar surface area (TPSA) is 20.2 Å². The number of benzene rings is 4. The molecule has 0 aliphatic heterocycles. The summed E-state index contributed by atoms with van der Waals surface area (Å²) in [6.45, 7) is 12.1. The normalized spacial score (nSPS) is 12.0. The maximum Gasteiger partial charge on any atom is 0.0431 e. The highest BCUT2D eigenvalue weighted by Gasteiger charge is 2.20. The van der Waals surface area contributed by atoms with Crippen molar-refractivity contribution in [3.63, 3.8) is 0 Å². The van der Waals surface area contributed by atoms with E-state index in [2.05, 4.69) is 142 Å². The fraction of sp³-hybridized carbons (Fsp3) is 0.843. The molecule has 0 fully saturated rings. The van der Waals surface area contributed by atoms with Gasteiger partial charge in [0.1, 0.15) is 0 Å². The van der Waals surface area contributed by atoms with Gasteiger partial charge >= 0.3 is 0 Å². The average Bonchev–Trinajstić information content (AvgIpc) is 0.726. The highest BCUT2D eigenvalue weighted by molar-refractivity contribution is 8.03. The molecule has 4 rings (SSSR count). The van der Waals surface area contributed by atoms with Crippen LogP contribution in [0.3, 0.4) is 0 Å². The Morgan fingerprint density at radius 2 is 0.221 bits per heavy atom. The molecule has 708 valence electrons. The standard InChI is InChI=1S/C115H206OS6/c1-6-11-16-21-26-31-36-41-50-57-64-71-78-85-92-117-110-98-104-105-99-111(118-93-86-79-72-65-58-51-42-37-32-27-22-17-12-7-2)113(120-95-88-81-74-67-60-53-44-39-34-29-24-19-14-9-4)101-107(105)109-103-115(122-97-90-83-76-69-62-55-48-46-47-49-56-63-70-77-84-91-116)114(121-96-89-82-75-68-61-54-45-40-35-30-25-20-15-10-5)102-108(109)106(104)100-112(110)119-94-87-80-73-66-59-52-43-38-33-28-23-18-13-8-3/h98-103,116H,6-97H2,1-5H3. The maximum atomic E-state index is 9.16. The van der Waals surface area contributed by atoms with Crippen molar-refractivity contribution in [2.24, 2.45) is 0 Å². The molecule has 0 aromatic heterocycles. The van der Waals surface area contributed by atoms with Crippen molar-refractivity contribution in [2.75, 3.05) is 41.1 Å². The minimum Gasteiger partial charge on any atom is -0.396 e. The zero-order chi connectivity index (χ0) is 86.5. The van der Waals surface area contributed by atoms with Gasteiger partial charge in [0.2, 0.25) is 0 Å². The van der Waals surface area contributed by atoms with Crippen LogP contribution >= 0.6 is 70.6 Å². The fourth-order valence-corrected chi connectivity index (χ4v) is 25.7. The number of thioether (sulfide) groups is 6. The molecule has 1 N–H and O–H groups in total. The second kappa shape index (κ2) is 88.6. The summed E-state index contributed by atoms with van der Waals surface area (Å²) >= 11 is 13.4. The zero-order valence-corrected chi connectivity index (χ0v) is 87.3. The lowest BCUT2D eigenvalue weighted by molar-refractivity contribution is 0.282. The van der Waals surface area contributed by atoms with Crippen molar-refractivity contribution >= 4 is 103 Å². The van der Waals surface area contributed by atoms with E-state index in [4.69, 9.17) is 5.11 Å². The van der Waals surface area contributed by atoms with E-state index in [9.17, 15) is 0 Å². The molecule has 0 atom stereocenters. The fourth-order valence-electron chi connectivity index (χ4n) is 18.8. The first-order chi connectivity index (χ1) is 60.6. The van der Waals surface area contributed by atoms with Gasteiger partial charge in [-0.2, -0.15) is 0 Å². The summed E-state index contributed by atoms with van der Waals surface area (Å²) in [4.78, 5) is 9.43. The van der Waals surface area contributed by atoms with E-state index in [1.807, 2.05) is 0 Å². The third kappa shape index (κ3) is 63.0. The summed E-state index contributed by atoms with van der Waals surface area (Å²) in [6, 6.07) is 16.7. The van der Waals surface area contributed by atoms with E-state index < -0.39 is 0 Å². The van der Waals surface area contributed by atoms with E-state index in [0.717, 1.165) is 6.42 Å². The van der Waals surface area contributed by atoms with E-state index in [0.29, 0.717) is 6.61 Å². The minimum atomic E-state index is 0.360. The van der Waals surface area contributed by atoms with Gasteiger partial charge < -0.3 is 5.11 Å². The molecule has 0 aliphatic carbocycles. The first kappa shape index (κ1) is 114. The number of aliphatic hydroxyl groups is 1. The number of hydrogen-bond acceptors (Lipinski definition) is 7. The smallest absolute Gasteiger partial charge is 0.0431 e. The van der Waals surface area contributed by atoms with Gasteiger partial charge in [-0.1, -0.05) is 535 Å². The third-order valence-corrected chi connectivity index (χ3v) is 34.2. The van der Waals surface area contributed by atoms with E-state index in [-0.39, 0.29) is 0 Å². The van der Waals surface area contributed by atoms with Crippen molar-refractivity contribution in [3.05, 3.63) is 36.4 Å². The zero-order valence-electron chi connectivity index (χ0n) is 82.4. The summed E-state index contributed by atoms with van der Waals surface area (Å²) in [6.07, 6.45) is 120. The molecule has 0 saturated heterocycles. The number of aliphatic hydroxyl groups excluding tert-OH is 1. The van der Waals surface area contributed by atoms with Crippen LogP contribution in [0.1, 0.15) is 580 Å². The molecule has 7 heteroatoms. The van der Waals surface area contributed by atoms with Crippen LogP contribution in [0.5, 0.6) is 0 Å². The Bertz CT molecular complexity index is 2420. The summed E-state index contributed by atoms with van der Waals surface area (Å²) in [5.74, 6) is 7.39. The molecule has 0 unspecified atom stereocenters. The molecule has 0 amide bonds. The van der Waals surface area contributed by atoms with Gasteiger partial charge in [0.15, 0.2) is 0 Å². The minimum absolute atomic E-state index is 0.360. The second-order valence-corrected chi connectivity index (χ2v) is 45.5.